The van der Waals surface area contributed by atoms with E-state index in [-0.39, 0.29) is 10.7 Å². The smallest absolute Gasteiger partial charge is 0.283 e. The number of halogens is 2. The first-order valence-electron chi connectivity index (χ1n) is 10.0. The van der Waals surface area contributed by atoms with Crippen molar-refractivity contribution in [2.75, 3.05) is 15.5 Å². The number of nitrogens with one attached hydrogen (secondary N) is 2. The summed E-state index contributed by atoms with van der Waals surface area (Å²) in [5.74, 6) is -2.04. The van der Waals surface area contributed by atoms with E-state index in [4.69, 9.17) is 11.6 Å². The van der Waals surface area contributed by atoms with Gasteiger partial charge in [-0.05, 0) is 67.9 Å². The van der Waals surface area contributed by atoms with Crippen LogP contribution in [0, 0.1) is 19.7 Å². The Morgan fingerprint density at radius 3 is 2.24 bits per heavy atom. The third kappa shape index (κ3) is 4.49. The number of carbonyl (C=O) groups excluding carboxylic acids is 3. The number of aryl methyl sites for hydroxylation is 2. The zero-order chi connectivity index (χ0) is 23.7. The van der Waals surface area contributed by atoms with E-state index < -0.39 is 23.5 Å². The fourth-order valence-electron chi connectivity index (χ4n) is 3.31. The molecule has 3 aromatic carbocycles. The number of benzene rings is 3. The summed E-state index contributed by atoms with van der Waals surface area (Å²) in [4.78, 5) is 39.3. The molecule has 0 spiro atoms. The zero-order valence-corrected chi connectivity index (χ0v) is 18.5. The number of nitrogens with zero attached hydrogens (tertiary/aromatic N) is 1. The molecule has 4 rings (SSSR count). The highest BCUT2D eigenvalue weighted by Crippen LogP contribution is 2.31. The predicted molar refractivity (Wildman–Crippen MR) is 126 cm³/mol. The summed E-state index contributed by atoms with van der Waals surface area (Å²) in [7, 11) is 0. The lowest BCUT2D eigenvalue weighted by Gasteiger charge is -2.16. The maximum Gasteiger partial charge on any atom is 0.283 e. The van der Waals surface area contributed by atoms with Crippen LogP contribution >= 0.6 is 11.6 Å². The molecule has 1 aliphatic rings. The highest BCUT2D eigenvalue weighted by Gasteiger charge is 2.39. The molecule has 0 radical (unpaired) electrons. The van der Waals surface area contributed by atoms with Gasteiger partial charge in [-0.3, -0.25) is 14.4 Å². The third-order valence-electron chi connectivity index (χ3n) is 5.18. The number of hydrogen-bond donors (Lipinski definition) is 2. The van der Waals surface area contributed by atoms with Crippen LogP contribution in [0.5, 0.6) is 0 Å². The SMILES string of the molecule is Cc1ccc(N2C(=O)C(Cl)=C(Nc3cc(C(=O)Nc4ccc(F)cc4)ccc3C)C2=O)cc1. The number of anilines is 3. The Morgan fingerprint density at radius 1 is 0.909 bits per heavy atom. The van der Waals surface area contributed by atoms with Crippen LogP contribution in [-0.4, -0.2) is 17.7 Å². The van der Waals surface area contributed by atoms with Crippen molar-refractivity contribution in [3.8, 4) is 0 Å². The Labute approximate surface area is 194 Å². The van der Waals surface area contributed by atoms with Crippen molar-refractivity contribution in [2.45, 2.75) is 13.8 Å². The van der Waals surface area contributed by atoms with E-state index >= 15 is 0 Å². The molecule has 1 heterocycles. The molecule has 0 saturated carbocycles. The Kier molecular flexibility index (Phi) is 5.98. The molecule has 0 atom stereocenters. The van der Waals surface area contributed by atoms with Crippen molar-refractivity contribution in [1.82, 2.24) is 0 Å². The van der Waals surface area contributed by atoms with Crippen LogP contribution < -0.4 is 15.5 Å². The van der Waals surface area contributed by atoms with Crippen LogP contribution in [0.4, 0.5) is 21.5 Å². The Morgan fingerprint density at radius 2 is 1.58 bits per heavy atom. The minimum atomic E-state index is -0.629. The van der Waals surface area contributed by atoms with Gasteiger partial charge >= 0.3 is 0 Å². The number of hydrogen-bond acceptors (Lipinski definition) is 4. The highest BCUT2D eigenvalue weighted by atomic mass is 35.5. The minimum absolute atomic E-state index is 0.0681. The Balaban J connectivity index is 1.57. The van der Waals surface area contributed by atoms with Gasteiger partial charge in [-0.1, -0.05) is 35.4 Å². The number of amides is 3. The Hall–Kier alpha value is -3.97. The van der Waals surface area contributed by atoms with Crippen molar-refractivity contribution in [3.05, 3.63) is 100.0 Å². The average Bonchev–Trinajstić information content (AvgIpc) is 3.00. The molecular weight excluding hydrogens is 445 g/mol. The lowest BCUT2D eigenvalue weighted by Crippen LogP contribution is -2.32. The molecule has 3 amide bonds. The zero-order valence-electron chi connectivity index (χ0n) is 17.8. The van der Waals surface area contributed by atoms with Crippen LogP contribution in [-0.2, 0) is 9.59 Å². The fourth-order valence-corrected chi connectivity index (χ4v) is 3.52. The molecule has 0 aromatic heterocycles. The number of rotatable bonds is 5. The summed E-state index contributed by atoms with van der Waals surface area (Å²) in [6.45, 7) is 3.69. The molecule has 0 unspecified atom stereocenters. The van der Waals surface area contributed by atoms with Crippen LogP contribution in [0.2, 0.25) is 0 Å². The van der Waals surface area contributed by atoms with Gasteiger partial charge in [0.05, 0.1) is 5.69 Å². The van der Waals surface area contributed by atoms with Crippen molar-refractivity contribution in [3.63, 3.8) is 0 Å². The van der Waals surface area contributed by atoms with Crippen molar-refractivity contribution in [1.29, 1.82) is 0 Å². The second-order valence-electron chi connectivity index (χ2n) is 7.59. The van der Waals surface area contributed by atoms with Crippen molar-refractivity contribution >= 4 is 46.4 Å². The highest BCUT2D eigenvalue weighted by molar-refractivity contribution is 6.53. The van der Waals surface area contributed by atoms with E-state index in [9.17, 15) is 18.8 Å². The molecule has 0 saturated heterocycles. The van der Waals surface area contributed by atoms with Crippen molar-refractivity contribution < 1.29 is 18.8 Å². The van der Waals surface area contributed by atoms with Crippen LogP contribution in [0.25, 0.3) is 0 Å². The summed E-state index contributed by atoms with van der Waals surface area (Å²) >= 11 is 6.22. The van der Waals surface area contributed by atoms with E-state index in [1.54, 1.807) is 49.4 Å². The molecule has 0 bridgehead atoms. The maximum atomic E-state index is 13.1. The summed E-state index contributed by atoms with van der Waals surface area (Å²) in [6, 6.07) is 17.2. The monoisotopic (exact) mass is 463 g/mol. The molecule has 0 fully saturated rings. The molecule has 6 nitrogen and oxygen atoms in total. The van der Waals surface area contributed by atoms with E-state index in [2.05, 4.69) is 10.6 Å². The lowest BCUT2D eigenvalue weighted by molar-refractivity contribution is -0.120. The quantitative estimate of drug-likeness (QED) is 0.514. The summed E-state index contributed by atoms with van der Waals surface area (Å²) in [5.41, 5.74) is 3.25. The van der Waals surface area contributed by atoms with Crippen molar-refractivity contribution in [2.24, 2.45) is 0 Å². The van der Waals surface area contributed by atoms with Gasteiger partial charge in [0.2, 0.25) is 0 Å². The maximum absolute atomic E-state index is 13.1. The number of carbonyl (C=O) groups is 3. The van der Waals surface area contributed by atoms with Gasteiger partial charge in [0.25, 0.3) is 17.7 Å². The second kappa shape index (κ2) is 8.88. The van der Waals surface area contributed by atoms with Crippen LogP contribution in [0.3, 0.4) is 0 Å². The molecule has 166 valence electrons. The van der Waals surface area contributed by atoms with Gasteiger partial charge in [-0.2, -0.15) is 0 Å². The average molecular weight is 464 g/mol. The van der Waals surface area contributed by atoms with E-state index in [1.807, 2.05) is 6.92 Å². The normalized spacial score (nSPS) is 13.5. The van der Waals surface area contributed by atoms with Gasteiger partial charge in [-0.15, -0.1) is 0 Å². The first kappa shape index (κ1) is 22.2. The molecular formula is C25H19ClFN3O3. The van der Waals surface area contributed by atoms with Gasteiger partial charge in [-0.25, -0.2) is 9.29 Å². The molecule has 0 aliphatic carbocycles. The van der Waals surface area contributed by atoms with Gasteiger partial charge in [0.1, 0.15) is 16.5 Å². The van der Waals surface area contributed by atoms with Crippen LogP contribution in [0.15, 0.2) is 77.5 Å². The summed E-state index contributed by atoms with van der Waals surface area (Å²) in [6.07, 6.45) is 0. The summed E-state index contributed by atoms with van der Waals surface area (Å²) < 4.78 is 13.1. The Bertz CT molecular complexity index is 1300. The van der Waals surface area contributed by atoms with E-state index in [0.29, 0.717) is 22.6 Å². The van der Waals surface area contributed by atoms with Gasteiger partial charge < -0.3 is 10.6 Å². The topological polar surface area (TPSA) is 78.5 Å². The second-order valence-corrected chi connectivity index (χ2v) is 7.96. The first-order valence-corrected chi connectivity index (χ1v) is 10.4. The van der Waals surface area contributed by atoms with Crippen LogP contribution in [0.1, 0.15) is 21.5 Å². The lowest BCUT2D eigenvalue weighted by atomic mass is 10.1. The molecule has 1 aliphatic heterocycles. The summed E-state index contributed by atoms with van der Waals surface area (Å²) in [5, 5.41) is 5.37. The molecule has 33 heavy (non-hydrogen) atoms. The minimum Gasteiger partial charge on any atom is -0.349 e. The third-order valence-corrected chi connectivity index (χ3v) is 5.53. The fraction of sp³-hybridized carbons (Fsp3) is 0.0800. The first-order chi connectivity index (χ1) is 15.7. The van der Waals surface area contributed by atoms with E-state index in [0.717, 1.165) is 16.0 Å². The molecule has 8 heteroatoms. The largest absolute Gasteiger partial charge is 0.349 e. The predicted octanol–water partition coefficient (Wildman–Crippen LogP) is 5.13. The standard InChI is InChI=1S/C25H19ClFN3O3/c1-14-3-11-19(12-4-14)30-24(32)21(26)22(25(30)33)29-20-13-16(6-5-15(20)2)23(31)28-18-9-7-17(27)8-10-18/h3-13,29H,1-2H3,(H,28,31). The number of imide groups is 1. The van der Waals surface area contributed by atoms with Gasteiger partial charge in [0, 0.05) is 16.9 Å². The molecule has 3 aromatic rings. The van der Waals surface area contributed by atoms with Gasteiger partial charge in [0.15, 0.2) is 0 Å². The molecule has 2 N–H and O–H groups in total. The van der Waals surface area contributed by atoms with E-state index in [1.165, 1.54) is 24.3 Å².